The van der Waals surface area contributed by atoms with Crippen molar-refractivity contribution in [2.45, 2.75) is 52.9 Å². The SMILES string of the molecule is Cc1[nH]nc2c1C=CC2.Cc1[nH]nc2c1CC=C2.Cc1[nH]nc2c1CCC2. The van der Waals surface area contributed by atoms with E-state index in [1.807, 2.05) is 6.92 Å². The Morgan fingerprint density at radius 1 is 0.704 bits per heavy atom. The average Bonchev–Trinajstić information content (AvgIpc) is 3.45. The normalized spacial score (nSPS) is 14.9. The van der Waals surface area contributed by atoms with E-state index in [2.05, 4.69) is 68.7 Å². The zero-order valence-corrected chi connectivity index (χ0v) is 16.2. The summed E-state index contributed by atoms with van der Waals surface area (Å²) in [6.07, 6.45) is 14.2. The van der Waals surface area contributed by atoms with Gasteiger partial charge in [-0.05, 0) is 58.1 Å². The molecule has 0 aromatic carbocycles. The molecule has 0 aliphatic heterocycles. The molecule has 3 heterocycles. The van der Waals surface area contributed by atoms with Crippen LogP contribution in [0.25, 0.3) is 12.2 Å². The smallest absolute Gasteiger partial charge is 0.0883 e. The minimum atomic E-state index is 1.000. The van der Waals surface area contributed by atoms with E-state index in [1.165, 1.54) is 64.4 Å². The van der Waals surface area contributed by atoms with Gasteiger partial charge < -0.3 is 0 Å². The Bertz CT molecular complexity index is 994. The molecule has 3 aromatic heterocycles. The standard InChI is InChI=1S/C7H10N2.2C7H8N2/c3*1-5-6-3-2-4-7(6)9-8-5/h2-4H2,1H3,(H,8,9);2,4H,3H2,1H3,(H,8,9);2-3H,4H2,1H3,(H,8,9). The molecule has 3 aromatic rings. The van der Waals surface area contributed by atoms with Gasteiger partial charge in [-0.2, -0.15) is 15.3 Å². The van der Waals surface area contributed by atoms with Crippen LogP contribution < -0.4 is 0 Å². The molecule has 27 heavy (non-hydrogen) atoms. The predicted octanol–water partition coefficient (Wildman–Crippen LogP) is 3.78. The lowest BCUT2D eigenvalue weighted by molar-refractivity contribution is 0.854. The lowest BCUT2D eigenvalue weighted by Crippen LogP contribution is -1.79. The highest BCUT2D eigenvalue weighted by atomic mass is 15.1. The Kier molecular flexibility index (Phi) is 4.79. The monoisotopic (exact) mass is 362 g/mol. The van der Waals surface area contributed by atoms with Gasteiger partial charge in [0.2, 0.25) is 0 Å². The van der Waals surface area contributed by atoms with Crippen molar-refractivity contribution in [3.63, 3.8) is 0 Å². The average molecular weight is 362 g/mol. The molecule has 0 spiro atoms. The molecule has 0 bridgehead atoms. The largest absolute Gasteiger partial charge is 0.282 e. The van der Waals surface area contributed by atoms with Gasteiger partial charge in [0, 0.05) is 34.6 Å². The van der Waals surface area contributed by atoms with E-state index in [9.17, 15) is 0 Å². The predicted molar refractivity (Wildman–Crippen MR) is 107 cm³/mol. The molecule has 6 nitrogen and oxygen atoms in total. The van der Waals surface area contributed by atoms with Crippen LogP contribution in [-0.4, -0.2) is 30.6 Å². The van der Waals surface area contributed by atoms with Crippen LogP contribution in [0.2, 0.25) is 0 Å². The summed E-state index contributed by atoms with van der Waals surface area (Å²) in [6, 6.07) is 0. The number of rotatable bonds is 0. The maximum Gasteiger partial charge on any atom is 0.0883 e. The molecule has 0 amide bonds. The number of aromatic amines is 3. The maximum absolute atomic E-state index is 4.17. The molecule has 0 unspecified atom stereocenters. The van der Waals surface area contributed by atoms with Gasteiger partial charge in [0.1, 0.15) is 0 Å². The first-order valence-electron chi connectivity index (χ1n) is 9.57. The third-order valence-electron chi connectivity index (χ3n) is 5.37. The van der Waals surface area contributed by atoms with E-state index >= 15 is 0 Å². The topological polar surface area (TPSA) is 86.0 Å². The van der Waals surface area contributed by atoms with E-state index in [0.717, 1.165) is 18.5 Å². The first-order chi connectivity index (χ1) is 13.1. The van der Waals surface area contributed by atoms with Crippen molar-refractivity contribution in [2.24, 2.45) is 0 Å². The molecule has 6 heteroatoms. The summed E-state index contributed by atoms with van der Waals surface area (Å²) in [5, 5.41) is 21.2. The zero-order valence-electron chi connectivity index (χ0n) is 16.2. The fourth-order valence-electron chi connectivity index (χ4n) is 3.78. The number of fused-ring (bicyclic) bond motifs is 3. The van der Waals surface area contributed by atoms with Crippen molar-refractivity contribution >= 4 is 12.2 Å². The first-order valence-corrected chi connectivity index (χ1v) is 9.57. The second-order valence-electron chi connectivity index (χ2n) is 7.26. The number of hydrogen-bond donors (Lipinski definition) is 3. The highest BCUT2D eigenvalue weighted by Gasteiger charge is 2.15. The number of aromatic nitrogens is 6. The van der Waals surface area contributed by atoms with Gasteiger partial charge in [-0.25, -0.2) is 0 Å². The highest BCUT2D eigenvalue weighted by Crippen LogP contribution is 2.21. The molecule has 140 valence electrons. The van der Waals surface area contributed by atoms with Crippen LogP contribution in [0.5, 0.6) is 0 Å². The fraction of sp³-hybridized carbons (Fsp3) is 0.381. The lowest BCUT2D eigenvalue weighted by Gasteiger charge is -1.86. The van der Waals surface area contributed by atoms with Crippen molar-refractivity contribution in [1.82, 2.24) is 30.6 Å². The van der Waals surface area contributed by atoms with Crippen molar-refractivity contribution in [3.05, 3.63) is 63.0 Å². The molecule has 0 fully saturated rings. The molecule has 3 aliphatic rings. The van der Waals surface area contributed by atoms with Crippen molar-refractivity contribution in [2.75, 3.05) is 0 Å². The quantitative estimate of drug-likeness (QED) is 0.569. The number of nitrogens with zero attached hydrogens (tertiary/aromatic N) is 3. The number of aryl methyl sites for hydroxylation is 4. The van der Waals surface area contributed by atoms with E-state index in [4.69, 9.17) is 0 Å². The number of hydrogen-bond acceptors (Lipinski definition) is 3. The van der Waals surface area contributed by atoms with Crippen LogP contribution in [0.15, 0.2) is 12.2 Å². The van der Waals surface area contributed by atoms with Crippen LogP contribution >= 0.6 is 0 Å². The molecule has 3 N–H and O–H groups in total. The third kappa shape index (κ3) is 3.52. The summed E-state index contributed by atoms with van der Waals surface area (Å²) in [4.78, 5) is 0. The van der Waals surface area contributed by atoms with Gasteiger partial charge in [-0.1, -0.05) is 18.2 Å². The Hall–Kier alpha value is -2.89. The molecule has 0 saturated heterocycles. The maximum atomic E-state index is 4.17. The third-order valence-corrected chi connectivity index (χ3v) is 5.37. The molecular formula is C21H26N6. The Labute approximate surface area is 159 Å². The van der Waals surface area contributed by atoms with Crippen LogP contribution in [0.1, 0.15) is 57.3 Å². The number of nitrogens with one attached hydrogen (secondary N) is 3. The van der Waals surface area contributed by atoms with Crippen LogP contribution in [-0.2, 0) is 25.7 Å². The van der Waals surface area contributed by atoms with Gasteiger partial charge in [0.15, 0.2) is 0 Å². The molecule has 3 aliphatic carbocycles. The molecule has 6 rings (SSSR count). The fourth-order valence-corrected chi connectivity index (χ4v) is 3.78. The second-order valence-corrected chi connectivity index (χ2v) is 7.26. The Morgan fingerprint density at radius 3 is 2.19 bits per heavy atom. The van der Waals surface area contributed by atoms with Crippen molar-refractivity contribution in [3.8, 4) is 0 Å². The first kappa shape index (κ1) is 17.5. The minimum Gasteiger partial charge on any atom is -0.282 e. The van der Waals surface area contributed by atoms with Crippen molar-refractivity contribution < 1.29 is 0 Å². The van der Waals surface area contributed by atoms with Crippen LogP contribution in [0.3, 0.4) is 0 Å². The van der Waals surface area contributed by atoms with Crippen LogP contribution in [0.4, 0.5) is 0 Å². The minimum absolute atomic E-state index is 1.000. The molecule has 0 radical (unpaired) electrons. The summed E-state index contributed by atoms with van der Waals surface area (Å²) >= 11 is 0. The summed E-state index contributed by atoms with van der Waals surface area (Å²) in [5.74, 6) is 0. The van der Waals surface area contributed by atoms with Gasteiger partial charge in [0.05, 0.1) is 17.1 Å². The molecule has 0 saturated carbocycles. The van der Waals surface area contributed by atoms with Gasteiger partial charge in [-0.3, -0.25) is 15.3 Å². The van der Waals surface area contributed by atoms with Gasteiger partial charge in [-0.15, -0.1) is 0 Å². The molecule has 0 atom stereocenters. The van der Waals surface area contributed by atoms with E-state index in [-0.39, 0.29) is 0 Å². The number of allylic oxidation sites excluding steroid dienone is 2. The van der Waals surface area contributed by atoms with E-state index < -0.39 is 0 Å². The summed E-state index contributed by atoms with van der Waals surface area (Å²) in [6.45, 7) is 6.19. The van der Waals surface area contributed by atoms with Gasteiger partial charge in [0.25, 0.3) is 0 Å². The second kappa shape index (κ2) is 7.39. The lowest BCUT2D eigenvalue weighted by atomic mass is 10.2. The summed E-state index contributed by atoms with van der Waals surface area (Å²) in [5.41, 5.74) is 11.4. The van der Waals surface area contributed by atoms with Crippen molar-refractivity contribution in [1.29, 1.82) is 0 Å². The van der Waals surface area contributed by atoms with Crippen LogP contribution in [0, 0.1) is 20.8 Å². The van der Waals surface area contributed by atoms with E-state index in [1.54, 1.807) is 0 Å². The van der Waals surface area contributed by atoms with E-state index in [0.29, 0.717) is 0 Å². The van der Waals surface area contributed by atoms with Gasteiger partial charge >= 0.3 is 0 Å². The highest BCUT2D eigenvalue weighted by molar-refractivity contribution is 5.59. The number of H-pyrrole nitrogens is 3. The zero-order chi connectivity index (χ0) is 18.8. The summed E-state index contributed by atoms with van der Waals surface area (Å²) in [7, 11) is 0. The summed E-state index contributed by atoms with van der Waals surface area (Å²) < 4.78 is 0. The Morgan fingerprint density at radius 2 is 1.41 bits per heavy atom. The Balaban J connectivity index is 0.0000001000. The molecular weight excluding hydrogens is 336 g/mol.